The quantitative estimate of drug-likeness (QED) is 0.646. The fraction of sp³-hybridized carbons (Fsp3) is 0.111. The minimum Gasteiger partial charge on any atom is -0.306 e. The van der Waals surface area contributed by atoms with E-state index in [-0.39, 0.29) is 0 Å². The molecule has 0 saturated heterocycles. The predicted octanol–water partition coefficient (Wildman–Crippen LogP) is 1.52. The molecule has 2 nitrogen and oxygen atoms in total. The zero-order valence-corrected chi connectivity index (χ0v) is 6.20. The third-order valence-corrected chi connectivity index (χ3v) is 1.70. The van der Waals surface area contributed by atoms with E-state index in [1.807, 2.05) is 24.4 Å². The first-order valence-electron chi connectivity index (χ1n) is 3.70. The SMILES string of the molecule is C1=CNN(c2ccccc2)C1. The minimum atomic E-state index is 0.948. The summed E-state index contributed by atoms with van der Waals surface area (Å²) in [6, 6.07) is 10.3. The molecule has 1 N–H and O–H groups in total. The van der Waals surface area contributed by atoms with Gasteiger partial charge in [-0.3, -0.25) is 5.01 Å². The molecule has 0 aliphatic carbocycles. The van der Waals surface area contributed by atoms with Crippen molar-refractivity contribution in [2.75, 3.05) is 11.6 Å². The van der Waals surface area contributed by atoms with Crippen LogP contribution in [-0.4, -0.2) is 6.54 Å². The van der Waals surface area contributed by atoms with Gasteiger partial charge in [-0.15, -0.1) is 0 Å². The first kappa shape index (κ1) is 6.28. The predicted molar refractivity (Wildman–Crippen MR) is 46.1 cm³/mol. The maximum absolute atomic E-state index is 3.13. The third kappa shape index (κ3) is 1.19. The molecule has 1 aromatic rings. The van der Waals surface area contributed by atoms with Gasteiger partial charge in [0.1, 0.15) is 0 Å². The summed E-state index contributed by atoms with van der Waals surface area (Å²) in [5.41, 5.74) is 4.33. The van der Waals surface area contributed by atoms with Crippen molar-refractivity contribution in [1.29, 1.82) is 0 Å². The number of hydrazine groups is 1. The lowest BCUT2D eigenvalue weighted by atomic mass is 10.3. The highest BCUT2D eigenvalue weighted by atomic mass is 15.5. The van der Waals surface area contributed by atoms with Crippen molar-refractivity contribution in [3.8, 4) is 0 Å². The number of hydrogen-bond donors (Lipinski definition) is 1. The Hall–Kier alpha value is -1.44. The van der Waals surface area contributed by atoms with Crippen LogP contribution in [0.15, 0.2) is 42.6 Å². The first-order chi connectivity index (χ1) is 5.47. The zero-order valence-electron chi connectivity index (χ0n) is 6.20. The summed E-state index contributed by atoms with van der Waals surface area (Å²) >= 11 is 0. The molecule has 1 aliphatic heterocycles. The number of benzene rings is 1. The second-order valence-electron chi connectivity index (χ2n) is 2.48. The molecular weight excluding hydrogens is 136 g/mol. The van der Waals surface area contributed by atoms with Gasteiger partial charge in [0.15, 0.2) is 0 Å². The second kappa shape index (κ2) is 2.66. The second-order valence-corrected chi connectivity index (χ2v) is 2.48. The molecule has 1 aromatic carbocycles. The van der Waals surface area contributed by atoms with Crippen LogP contribution in [0.1, 0.15) is 0 Å². The lowest BCUT2D eigenvalue weighted by Gasteiger charge is -2.17. The Balaban J connectivity index is 2.17. The molecule has 0 unspecified atom stereocenters. The lowest BCUT2D eigenvalue weighted by molar-refractivity contribution is 0.840. The third-order valence-electron chi connectivity index (χ3n) is 1.70. The molecule has 0 aromatic heterocycles. The largest absolute Gasteiger partial charge is 0.306 e. The highest BCUT2D eigenvalue weighted by molar-refractivity contribution is 5.46. The smallest absolute Gasteiger partial charge is 0.0592 e. The van der Waals surface area contributed by atoms with E-state index in [0.29, 0.717) is 0 Å². The Morgan fingerprint density at radius 1 is 1.18 bits per heavy atom. The van der Waals surface area contributed by atoms with Crippen molar-refractivity contribution in [3.63, 3.8) is 0 Å². The van der Waals surface area contributed by atoms with Crippen LogP contribution in [0, 0.1) is 0 Å². The molecule has 0 amide bonds. The lowest BCUT2D eigenvalue weighted by Crippen LogP contribution is -2.29. The highest BCUT2D eigenvalue weighted by Crippen LogP contribution is 2.12. The van der Waals surface area contributed by atoms with Gasteiger partial charge in [-0.1, -0.05) is 18.2 Å². The molecule has 0 spiro atoms. The van der Waals surface area contributed by atoms with Crippen molar-refractivity contribution >= 4 is 5.69 Å². The molecular formula is C9H10N2. The van der Waals surface area contributed by atoms with Crippen LogP contribution in [-0.2, 0) is 0 Å². The number of nitrogens with one attached hydrogen (secondary N) is 1. The average molecular weight is 146 g/mol. The van der Waals surface area contributed by atoms with Crippen LogP contribution in [0.4, 0.5) is 5.69 Å². The molecule has 1 aliphatic rings. The zero-order chi connectivity index (χ0) is 7.52. The van der Waals surface area contributed by atoms with Gasteiger partial charge < -0.3 is 5.43 Å². The summed E-state index contributed by atoms with van der Waals surface area (Å²) in [6.45, 7) is 0.948. The number of nitrogens with zero attached hydrogens (tertiary/aromatic N) is 1. The fourth-order valence-corrected chi connectivity index (χ4v) is 1.14. The molecule has 56 valence electrons. The normalized spacial score (nSPS) is 15.1. The number of para-hydroxylation sites is 1. The van der Waals surface area contributed by atoms with Crippen LogP contribution in [0.2, 0.25) is 0 Å². The monoisotopic (exact) mass is 146 g/mol. The summed E-state index contributed by atoms with van der Waals surface area (Å²) in [7, 11) is 0. The minimum absolute atomic E-state index is 0.948. The summed E-state index contributed by atoms with van der Waals surface area (Å²) in [6.07, 6.45) is 4.04. The number of anilines is 1. The molecule has 2 rings (SSSR count). The van der Waals surface area contributed by atoms with E-state index in [0.717, 1.165) is 6.54 Å². The van der Waals surface area contributed by atoms with Crippen molar-refractivity contribution in [1.82, 2.24) is 5.43 Å². The molecule has 0 saturated carbocycles. The van der Waals surface area contributed by atoms with Gasteiger partial charge in [-0.2, -0.15) is 0 Å². The summed E-state index contributed by atoms with van der Waals surface area (Å²) in [5, 5.41) is 2.08. The van der Waals surface area contributed by atoms with E-state index in [9.17, 15) is 0 Å². The van der Waals surface area contributed by atoms with Crippen molar-refractivity contribution in [2.24, 2.45) is 0 Å². The van der Waals surface area contributed by atoms with Crippen LogP contribution in [0.5, 0.6) is 0 Å². The van der Waals surface area contributed by atoms with E-state index in [4.69, 9.17) is 0 Å². The molecule has 1 heterocycles. The van der Waals surface area contributed by atoms with Crippen molar-refractivity contribution < 1.29 is 0 Å². The maximum Gasteiger partial charge on any atom is 0.0592 e. The van der Waals surface area contributed by atoms with Crippen LogP contribution >= 0.6 is 0 Å². The van der Waals surface area contributed by atoms with E-state index >= 15 is 0 Å². The van der Waals surface area contributed by atoms with Gasteiger partial charge in [0.25, 0.3) is 0 Å². The van der Waals surface area contributed by atoms with Gasteiger partial charge in [0.05, 0.1) is 12.2 Å². The van der Waals surface area contributed by atoms with Crippen LogP contribution in [0.25, 0.3) is 0 Å². The average Bonchev–Trinajstić information content (AvgIpc) is 2.58. The van der Waals surface area contributed by atoms with E-state index in [2.05, 4.69) is 28.6 Å². The van der Waals surface area contributed by atoms with E-state index in [1.54, 1.807) is 0 Å². The molecule has 0 bridgehead atoms. The van der Waals surface area contributed by atoms with Gasteiger partial charge in [-0.05, 0) is 18.2 Å². The molecule has 0 radical (unpaired) electrons. The molecule has 0 atom stereocenters. The Bertz CT molecular complexity index is 246. The topological polar surface area (TPSA) is 15.3 Å². The molecule has 2 heteroatoms. The number of hydrogen-bond acceptors (Lipinski definition) is 2. The molecule has 0 fully saturated rings. The van der Waals surface area contributed by atoms with Gasteiger partial charge >= 0.3 is 0 Å². The fourth-order valence-electron chi connectivity index (χ4n) is 1.14. The Labute approximate surface area is 66.1 Å². The van der Waals surface area contributed by atoms with E-state index < -0.39 is 0 Å². The summed E-state index contributed by atoms with van der Waals surface area (Å²) in [5.74, 6) is 0. The Morgan fingerprint density at radius 3 is 2.64 bits per heavy atom. The standard InChI is InChI=1S/C9H10N2/c1-2-5-9(6-3-1)11-8-4-7-10-11/h1-7,10H,8H2. The van der Waals surface area contributed by atoms with Crippen LogP contribution in [0.3, 0.4) is 0 Å². The van der Waals surface area contributed by atoms with E-state index in [1.165, 1.54) is 5.69 Å². The number of rotatable bonds is 1. The van der Waals surface area contributed by atoms with Gasteiger partial charge in [0.2, 0.25) is 0 Å². The first-order valence-corrected chi connectivity index (χ1v) is 3.70. The highest BCUT2D eigenvalue weighted by Gasteiger charge is 2.04. The Morgan fingerprint density at radius 2 is 2.00 bits per heavy atom. The van der Waals surface area contributed by atoms with Gasteiger partial charge in [-0.25, -0.2) is 0 Å². The summed E-state index contributed by atoms with van der Waals surface area (Å²) in [4.78, 5) is 0. The van der Waals surface area contributed by atoms with Crippen molar-refractivity contribution in [3.05, 3.63) is 42.6 Å². The van der Waals surface area contributed by atoms with Crippen LogP contribution < -0.4 is 10.4 Å². The molecule has 11 heavy (non-hydrogen) atoms. The summed E-state index contributed by atoms with van der Waals surface area (Å²) < 4.78 is 0. The maximum atomic E-state index is 3.13. The van der Waals surface area contributed by atoms with Gasteiger partial charge in [0, 0.05) is 6.20 Å². The Kier molecular flexibility index (Phi) is 1.52. The van der Waals surface area contributed by atoms with Crippen molar-refractivity contribution in [2.45, 2.75) is 0 Å².